The number of hydrogen-bond acceptors (Lipinski definition) is 4. The minimum absolute atomic E-state index is 0.148. The Morgan fingerprint density at radius 1 is 0.789 bits per heavy atom. The molecule has 0 saturated carbocycles. The van der Waals surface area contributed by atoms with Crippen molar-refractivity contribution in [1.82, 2.24) is 0 Å². The smallest absolute Gasteiger partial charge is 0.122 e. The highest BCUT2D eigenvalue weighted by molar-refractivity contribution is 5.46. The van der Waals surface area contributed by atoms with Crippen molar-refractivity contribution in [3.05, 3.63) is 47.5 Å². The molecule has 2 N–H and O–H groups in total. The second-order valence-corrected chi connectivity index (χ2v) is 4.17. The van der Waals surface area contributed by atoms with Crippen LogP contribution in [0.5, 0.6) is 23.0 Å². The Bertz CT molecular complexity index is 527. The van der Waals surface area contributed by atoms with Crippen LogP contribution in [0.15, 0.2) is 36.4 Å². The third-order valence-corrected chi connectivity index (χ3v) is 2.97. The van der Waals surface area contributed by atoms with E-state index in [1.807, 2.05) is 0 Å². The van der Waals surface area contributed by atoms with E-state index in [1.54, 1.807) is 50.6 Å². The van der Waals surface area contributed by atoms with Gasteiger partial charge in [0.05, 0.1) is 14.2 Å². The van der Waals surface area contributed by atoms with Gasteiger partial charge in [-0.2, -0.15) is 0 Å². The van der Waals surface area contributed by atoms with E-state index in [4.69, 9.17) is 9.47 Å². The van der Waals surface area contributed by atoms with Crippen LogP contribution in [-0.4, -0.2) is 24.4 Å². The third-order valence-electron chi connectivity index (χ3n) is 2.97. The lowest BCUT2D eigenvalue weighted by Gasteiger charge is -2.09. The Balaban J connectivity index is 2.26. The van der Waals surface area contributed by atoms with Gasteiger partial charge in [0.2, 0.25) is 0 Å². The first-order valence-corrected chi connectivity index (χ1v) is 5.86. The number of phenolic OH excluding ortho intramolecular Hbond substituents is 2. The van der Waals surface area contributed by atoms with Gasteiger partial charge < -0.3 is 19.7 Å². The SMILES string of the molecule is COc1ccc(Cc2ccc(OC)cc2O)c(O)c1. The van der Waals surface area contributed by atoms with E-state index in [0.717, 1.165) is 11.1 Å². The summed E-state index contributed by atoms with van der Waals surface area (Å²) in [5.74, 6) is 1.49. The molecule has 0 bridgehead atoms. The predicted octanol–water partition coefficient (Wildman–Crippen LogP) is 2.71. The molecular formula is C15H16O4. The number of benzene rings is 2. The summed E-state index contributed by atoms with van der Waals surface area (Å²) in [6.07, 6.45) is 0.436. The van der Waals surface area contributed by atoms with Gasteiger partial charge in [0.1, 0.15) is 23.0 Å². The molecule has 0 amide bonds. The Morgan fingerprint density at radius 3 is 1.53 bits per heavy atom. The fourth-order valence-corrected chi connectivity index (χ4v) is 1.85. The molecule has 0 fully saturated rings. The molecule has 4 nitrogen and oxygen atoms in total. The topological polar surface area (TPSA) is 58.9 Å². The maximum Gasteiger partial charge on any atom is 0.122 e. The highest BCUT2D eigenvalue weighted by Crippen LogP contribution is 2.30. The fourth-order valence-electron chi connectivity index (χ4n) is 1.85. The van der Waals surface area contributed by atoms with E-state index in [1.165, 1.54) is 0 Å². The molecule has 0 unspecified atom stereocenters. The van der Waals surface area contributed by atoms with Gasteiger partial charge in [0, 0.05) is 18.6 Å². The zero-order valence-electron chi connectivity index (χ0n) is 10.9. The molecule has 100 valence electrons. The monoisotopic (exact) mass is 260 g/mol. The summed E-state index contributed by atoms with van der Waals surface area (Å²) in [7, 11) is 3.09. The zero-order valence-corrected chi connectivity index (χ0v) is 10.9. The average Bonchev–Trinajstić information content (AvgIpc) is 2.42. The number of methoxy groups -OCH3 is 2. The summed E-state index contributed by atoms with van der Waals surface area (Å²) in [6, 6.07) is 10.2. The van der Waals surface area contributed by atoms with E-state index < -0.39 is 0 Å². The lowest BCUT2D eigenvalue weighted by atomic mass is 10.0. The van der Waals surface area contributed by atoms with Crippen molar-refractivity contribution in [3.8, 4) is 23.0 Å². The van der Waals surface area contributed by atoms with Crippen LogP contribution in [0.1, 0.15) is 11.1 Å². The summed E-state index contributed by atoms with van der Waals surface area (Å²) in [5.41, 5.74) is 1.45. The largest absolute Gasteiger partial charge is 0.508 e. The van der Waals surface area contributed by atoms with E-state index >= 15 is 0 Å². The Morgan fingerprint density at radius 2 is 1.21 bits per heavy atom. The summed E-state index contributed by atoms with van der Waals surface area (Å²) in [6.45, 7) is 0. The highest BCUT2D eigenvalue weighted by atomic mass is 16.5. The average molecular weight is 260 g/mol. The molecule has 0 radical (unpaired) electrons. The molecule has 0 aliphatic rings. The van der Waals surface area contributed by atoms with E-state index in [0.29, 0.717) is 17.9 Å². The third kappa shape index (κ3) is 2.91. The highest BCUT2D eigenvalue weighted by Gasteiger charge is 2.08. The van der Waals surface area contributed by atoms with Gasteiger partial charge in [-0.1, -0.05) is 12.1 Å². The van der Waals surface area contributed by atoms with Crippen LogP contribution in [0.3, 0.4) is 0 Å². The standard InChI is InChI=1S/C15H16O4/c1-18-12-5-3-10(14(16)8-12)7-11-4-6-13(19-2)9-15(11)17/h3-6,8-9,16-17H,7H2,1-2H3. The van der Waals surface area contributed by atoms with E-state index in [-0.39, 0.29) is 11.5 Å². The second-order valence-electron chi connectivity index (χ2n) is 4.17. The zero-order chi connectivity index (χ0) is 13.8. The lowest BCUT2D eigenvalue weighted by molar-refractivity contribution is 0.405. The maximum absolute atomic E-state index is 9.89. The van der Waals surface area contributed by atoms with Gasteiger partial charge in [0.15, 0.2) is 0 Å². The number of ether oxygens (including phenoxy) is 2. The van der Waals surface area contributed by atoms with Gasteiger partial charge in [-0.05, 0) is 23.3 Å². The van der Waals surface area contributed by atoms with Crippen LogP contribution in [0.2, 0.25) is 0 Å². The van der Waals surface area contributed by atoms with Crippen LogP contribution >= 0.6 is 0 Å². The molecule has 2 rings (SSSR count). The van der Waals surface area contributed by atoms with Crippen molar-refractivity contribution in [2.24, 2.45) is 0 Å². The van der Waals surface area contributed by atoms with Crippen LogP contribution in [0.4, 0.5) is 0 Å². The van der Waals surface area contributed by atoms with Gasteiger partial charge in [-0.25, -0.2) is 0 Å². The van der Waals surface area contributed by atoms with Gasteiger partial charge >= 0.3 is 0 Å². The Labute approximate surface area is 111 Å². The summed E-state index contributed by atoms with van der Waals surface area (Å²) >= 11 is 0. The summed E-state index contributed by atoms with van der Waals surface area (Å²) in [4.78, 5) is 0. The summed E-state index contributed by atoms with van der Waals surface area (Å²) in [5, 5.41) is 19.8. The molecule has 0 saturated heterocycles. The lowest BCUT2D eigenvalue weighted by Crippen LogP contribution is -1.92. The molecule has 2 aromatic rings. The fraction of sp³-hybridized carbons (Fsp3) is 0.200. The van der Waals surface area contributed by atoms with E-state index in [2.05, 4.69) is 0 Å². The van der Waals surface area contributed by atoms with Crippen LogP contribution in [0, 0.1) is 0 Å². The second kappa shape index (κ2) is 5.52. The molecule has 0 aromatic heterocycles. The van der Waals surface area contributed by atoms with Crippen molar-refractivity contribution in [1.29, 1.82) is 0 Å². The van der Waals surface area contributed by atoms with Gasteiger partial charge in [-0.15, -0.1) is 0 Å². The van der Waals surface area contributed by atoms with Gasteiger partial charge in [0.25, 0.3) is 0 Å². The number of hydrogen-bond donors (Lipinski definition) is 2. The quantitative estimate of drug-likeness (QED) is 0.887. The molecule has 0 spiro atoms. The Kier molecular flexibility index (Phi) is 3.80. The number of rotatable bonds is 4. The van der Waals surface area contributed by atoms with Crippen molar-refractivity contribution in [2.75, 3.05) is 14.2 Å². The normalized spacial score (nSPS) is 10.2. The van der Waals surface area contributed by atoms with Crippen LogP contribution in [0.25, 0.3) is 0 Å². The van der Waals surface area contributed by atoms with Crippen LogP contribution < -0.4 is 9.47 Å². The van der Waals surface area contributed by atoms with Gasteiger partial charge in [-0.3, -0.25) is 0 Å². The molecule has 0 heterocycles. The van der Waals surface area contributed by atoms with E-state index in [9.17, 15) is 10.2 Å². The summed E-state index contributed by atoms with van der Waals surface area (Å²) < 4.78 is 10.1. The molecule has 0 atom stereocenters. The maximum atomic E-state index is 9.89. The molecule has 4 heteroatoms. The molecule has 0 aliphatic carbocycles. The van der Waals surface area contributed by atoms with Crippen molar-refractivity contribution in [2.45, 2.75) is 6.42 Å². The first-order chi connectivity index (χ1) is 9.13. The molecule has 19 heavy (non-hydrogen) atoms. The minimum Gasteiger partial charge on any atom is -0.508 e. The molecule has 2 aromatic carbocycles. The van der Waals surface area contributed by atoms with Crippen molar-refractivity contribution < 1.29 is 19.7 Å². The number of phenols is 2. The number of aromatic hydroxyl groups is 2. The Hall–Kier alpha value is -2.36. The molecule has 0 aliphatic heterocycles. The molecular weight excluding hydrogens is 244 g/mol. The van der Waals surface area contributed by atoms with Crippen LogP contribution in [-0.2, 0) is 6.42 Å². The van der Waals surface area contributed by atoms with Crippen molar-refractivity contribution in [3.63, 3.8) is 0 Å². The predicted molar refractivity (Wildman–Crippen MR) is 72.1 cm³/mol. The first-order valence-electron chi connectivity index (χ1n) is 5.86. The first kappa shape index (κ1) is 13.1. The minimum atomic E-state index is 0.148. The van der Waals surface area contributed by atoms with Crippen molar-refractivity contribution >= 4 is 0 Å².